The average molecular weight is 402 g/mol. The smallest absolute Gasteiger partial charge is 0.306 e. The minimum absolute atomic E-state index is 0.0824. The van der Waals surface area contributed by atoms with Crippen molar-refractivity contribution in [3.8, 4) is 0 Å². The minimum atomic E-state index is -0.188. The van der Waals surface area contributed by atoms with Crippen LogP contribution in [0.4, 0.5) is 0 Å². The molecule has 0 bridgehead atoms. The van der Waals surface area contributed by atoms with E-state index in [4.69, 9.17) is 0 Å². The lowest BCUT2D eigenvalue weighted by molar-refractivity contribution is -0.141. The van der Waals surface area contributed by atoms with Crippen LogP contribution in [0.5, 0.6) is 0 Å². The van der Waals surface area contributed by atoms with Crippen molar-refractivity contribution < 1.29 is 14.3 Å². The SMILES string of the molecule is COC(=O)CCN1CCN(C(=O)c2ccc(I)cc2)CC1. The average Bonchev–Trinajstić information content (AvgIpc) is 2.53. The molecular formula is C15H19IN2O3. The van der Waals surface area contributed by atoms with Crippen LogP contribution in [0.2, 0.25) is 0 Å². The topological polar surface area (TPSA) is 49.9 Å². The molecule has 1 heterocycles. The summed E-state index contributed by atoms with van der Waals surface area (Å²) in [6, 6.07) is 7.63. The van der Waals surface area contributed by atoms with E-state index in [-0.39, 0.29) is 11.9 Å². The molecule has 1 aromatic carbocycles. The van der Waals surface area contributed by atoms with Gasteiger partial charge in [0.1, 0.15) is 0 Å². The first-order valence-electron chi connectivity index (χ1n) is 6.94. The van der Waals surface area contributed by atoms with Crippen LogP contribution in [0.3, 0.4) is 0 Å². The van der Waals surface area contributed by atoms with E-state index >= 15 is 0 Å². The molecular weight excluding hydrogens is 383 g/mol. The van der Waals surface area contributed by atoms with Crippen LogP contribution in [0.25, 0.3) is 0 Å². The second kappa shape index (κ2) is 7.74. The van der Waals surface area contributed by atoms with Crippen LogP contribution in [0.15, 0.2) is 24.3 Å². The predicted molar refractivity (Wildman–Crippen MR) is 88.1 cm³/mol. The third-order valence-electron chi connectivity index (χ3n) is 3.61. The number of benzene rings is 1. The number of hydrogen-bond donors (Lipinski definition) is 0. The molecule has 6 heteroatoms. The molecule has 1 aliphatic rings. The molecule has 0 radical (unpaired) electrons. The molecule has 5 nitrogen and oxygen atoms in total. The highest BCUT2D eigenvalue weighted by molar-refractivity contribution is 14.1. The normalized spacial score (nSPS) is 15.8. The number of carbonyl (C=O) groups excluding carboxylic acids is 2. The van der Waals surface area contributed by atoms with E-state index < -0.39 is 0 Å². The Kier molecular flexibility index (Phi) is 5.98. The number of carbonyl (C=O) groups is 2. The molecule has 0 aromatic heterocycles. The molecule has 0 spiro atoms. The highest BCUT2D eigenvalue weighted by Gasteiger charge is 2.22. The highest BCUT2D eigenvalue weighted by Crippen LogP contribution is 2.11. The lowest BCUT2D eigenvalue weighted by Crippen LogP contribution is -2.49. The first kappa shape index (κ1) is 16.2. The van der Waals surface area contributed by atoms with Crippen LogP contribution in [-0.4, -0.2) is 61.5 Å². The Morgan fingerprint density at radius 3 is 2.33 bits per heavy atom. The largest absolute Gasteiger partial charge is 0.469 e. The lowest BCUT2D eigenvalue weighted by atomic mass is 10.2. The van der Waals surface area contributed by atoms with E-state index in [2.05, 4.69) is 32.2 Å². The van der Waals surface area contributed by atoms with Crippen molar-refractivity contribution in [1.82, 2.24) is 9.80 Å². The quantitative estimate of drug-likeness (QED) is 0.568. The predicted octanol–water partition coefficient (Wildman–Crippen LogP) is 1.61. The van der Waals surface area contributed by atoms with Gasteiger partial charge >= 0.3 is 5.97 Å². The third-order valence-corrected chi connectivity index (χ3v) is 4.33. The van der Waals surface area contributed by atoms with Crippen molar-refractivity contribution >= 4 is 34.5 Å². The summed E-state index contributed by atoms with van der Waals surface area (Å²) >= 11 is 2.23. The molecule has 1 fully saturated rings. The fourth-order valence-corrected chi connectivity index (χ4v) is 2.66. The van der Waals surface area contributed by atoms with Crippen LogP contribution < -0.4 is 0 Å². The summed E-state index contributed by atoms with van der Waals surface area (Å²) in [5.74, 6) is -0.105. The summed E-state index contributed by atoms with van der Waals surface area (Å²) in [7, 11) is 1.40. The molecule has 0 saturated carbocycles. The maximum absolute atomic E-state index is 12.4. The summed E-state index contributed by atoms with van der Waals surface area (Å²) in [5.41, 5.74) is 0.735. The van der Waals surface area contributed by atoms with Crippen LogP contribution in [0.1, 0.15) is 16.8 Å². The number of methoxy groups -OCH3 is 1. The van der Waals surface area contributed by atoms with Gasteiger partial charge in [-0.2, -0.15) is 0 Å². The van der Waals surface area contributed by atoms with Gasteiger partial charge in [0.05, 0.1) is 13.5 Å². The van der Waals surface area contributed by atoms with E-state index in [9.17, 15) is 9.59 Å². The molecule has 1 aliphatic heterocycles. The molecule has 114 valence electrons. The van der Waals surface area contributed by atoms with E-state index in [1.807, 2.05) is 29.2 Å². The van der Waals surface area contributed by atoms with Gasteiger partial charge in [0, 0.05) is 41.9 Å². The zero-order valence-corrected chi connectivity index (χ0v) is 14.2. The van der Waals surface area contributed by atoms with E-state index in [1.165, 1.54) is 7.11 Å². The van der Waals surface area contributed by atoms with Crippen molar-refractivity contribution in [2.45, 2.75) is 6.42 Å². The fourth-order valence-electron chi connectivity index (χ4n) is 2.30. The zero-order chi connectivity index (χ0) is 15.2. The van der Waals surface area contributed by atoms with Gasteiger partial charge in [-0.05, 0) is 46.9 Å². The van der Waals surface area contributed by atoms with Gasteiger partial charge < -0.3 is 9.64 Å². The van der Waals surface area contributed by atoms with Crippen molar-refractivity contribution in [2.75, 3.05) is 39.8 Å². The van der Waals surface area contributed by atoms with Crippen molar-refractivity contribution in [2.24, 2.45) is 0 Å². The standard InChI is InChI=1S/C15H19IN2O3/c1-21-14(19)6-7-17-8-10-18(11-9-17)15(20)12-2-4-13(16)5-3-12/h2-5H,6-11H2,1H3. The number of piperazine rings is 1. The van der Waals surface area contributed by atoms with Crippen LogP contribution >= 0.6 is 22.6 Å². The summed E-state index contributed by atoms with van der Waals surface area (Å²) < 4.78 is 5.76. The van der Waals surface area contributed by atoms with Gasteiger partial charge in [0.15, 0.2) is 0 Å². The Bertz CT molecular complexity index is 496. The van der Waals surface area contributed by atoms with Gasteiger partial charge in [0.25, 0.3) is 5.91 Å². The number of nitrogens with zero attached hydrogens (tertiary/aromatic N) is 2. The number of amides is 1. The van der Waals surface area contributed by atoms with E-state index in [1.54, 1.807) is 0 Å². The highest BCUT2D eigenvalue weighted by atomic mass is 127. The van der Waals surface area contributed by atoms with E-state index in [0.29, 0.717) is 26.1 Å². The Morgan fingerprint density at radius 1 is 1.14 bits per heavy atom. The molecule has 2 rings (SSSR count). The number of halogens is 1. The van der Waals surface area contributed by atoms with Gasteiger partial charge in [-0.1, -0.05) is 0 Å². The summed E-state index contributed by atoms with van der Waals surface area (Å²) in [5, 5.41) is 0. The second-order valence-electron chi connectivity index (χ2n) is 4.97. The first-order valence-corrected chi connectivity index (χ1v) is 8.02. The Balaban J connectivity index is 1.82. The van der Waals surface area contributed by atoms with E-state index in [0.717, 1.165) is 22.2 Å². The van der Waals surface area contributed by atoms with Crippen LogP contribution in [-0.2, 0) is 9.53 Å². The Labute approximate surface area is 138 Å². The number of hydrogen-bond acceptors (Lipinski definition) is 4. The molecule has 0 atom stereocenters. The number of ether oxygens (including phenoxy) is 1. The van der Waals surface area contributed by atoms with Crippen molar-refractivity contribution in [3.63, 3.8) is 0 Å². The molecule has 0 N–H and O–H groups in total. The lowest BCUT2D eigenvalue weighted by Gasteiger charge is -2.34. The summed E-state index contributed by atoms with van der Waals surface area (Å²) in [6.45, 7) is 3.69. The molecule has 0 unspecified atom stereocenters. The summed E-state index contributed by atoms with van der Waals surface area (Å²) in [4.78, 5) is 27.5. The second-order valence-corrected chi connectivity index (χ2v) is 6.21. The maximum Gasteiger partial charge on any atom is 0.306 e. The minimum Gasteiger partial charge on any atom is -0.469 e. The molecule has 1 saturated heterocycles. The van der Waals surface area contributed by atoms with Crippen LogP contribution in [0, 0.1) is 3.57 Å². The van der Waals surface area contributed by atoms with Gasteiger partial charge in [-0.3, -0.25) is 14.5 Å². The van der Waals surface area contributed by atoms with Crippen molar-refractivity contribution in [3.05, 3.63) is 33.4 Å². The maximum atomic E-state index is 12.4. The van der Waals surface area contributed by atoms with Gasteiger partial charge in [-0.15, -0.1) is 0 Å². The molecule has 21 heavy (non-hydrogen) atoms. The molecule has 0 aliphatic carbocycles. The van der Waals surface area contributed by atoms with Gasteiger partial charge in [-0.25, -0.2) is 0 Å². The number of rotatable bonds is 4. The first-order chi connectivity index (χ1) is 10.1. The fraction of sp³-hybridized carbons (Fsp3) is 0.467. The Morgan fingerprint density at radius 2 is 1.76 bits per heavy atom. The Hall–Kier alpha value is -1.15. The third kappa shape index (κ3) is 4.67. The molecule has 1 amide bonds. The monoisotopic (exact) mass is 402 g/mol. The summed E-state index contributed by atoms with van der Waals surface area (Å²) in [6.07, 6.45) is 0.404. The van der Waals surface area contributed by atoms with Crippen molar-refractivity contribution in [1.29, 1.82) is 0 Å². The van der Waals surface area contributed by atoms with Gasteiger partial charge in [0.2, 0.25) is 0 Å². The number of esters is 1. The zero-order valence-electron chi connectivity index (χ0n) is 12.0. The molecule has 1 aromatic rings.